The molecule has 1 rings (SSSR count). The Morgan fingerprint density at radius 2 is 2.11 bits per heavy atom. The van der Waals surface area contributed by atoms with E-state index >= 15 is 0 Å². The molecular weight excluding hydrogens is 266 g/mol. The Balaban J connectivity index is 3.13. The molecule has 4 nitrogen and oxygen atoms in total. The monoisotopic (exact) mass is 289 g/mol. The van der Waals surface area contributed by atoms with Crippen LogP contribution >= 0.6 is 11.6 Å². The molecule has 0 bridgehead atoms. The van der Waals surface area contributed by atoms with Crippen molar-refractivity contribution >= 4 is 23.5 Å². The number of nitrogens with two attached hydrogens (primary N) is 1. The van der Waals surface area contributed by atoms with Crippen LogP contribution in [0.25, 0.3) is 0 Å². The Hall–Kier alpha value is -0.770. The number of primary amides is 1. The largest absolute Gasteiger partial charge is 0.442 e. The summed E-state index contributed by atoms with van der Waals surface area (Å²) in [5.41, 5.74) is 4.17. The second-order valence-corrected chi connectivity index (χ2v) is 6.71. The summed E-state index contributed by atoms with van der Waals surface area (Å²) in [6.07, 6.45) is 2.49. The van der Waals surface area contributed by atoms with E-state index in [-0.39, 0.29) is 17.1 Å². The molecule has 0 aromatic heterocycles. The number of carbonyl (C=O) groups excluding carboxylic acids is 2. The van der Waals surface area contributed by atoms with Crippen LogP contribution in [-0.2, 0) is 9.53 Å². The van der Waals surface area contributed by atoms with E-state index in [4.69, 9.17) is 22.1 Å². The third-order valence-electron chi connectivity index (χ3n) is 4.16. The Labute approximate surface area is 120 Å². The van der Waals surface area contributed by atoms with Crippen molar-refractivity contribution in [3.8, 4) is 0 Å². The molecule has 0 spiro atoms. The molecule has 2 N–H and O–H groups in total. The summed E-state index contributed by atoms with van der Waals surface area (Å²) < 4.78 is 5.53. The van der Waals surface area contributed by atoms with E-state index in [1.807, 2.05) is 20.8 Å². The van der Waals surface area contributed by atoms with Crippen LogP contribution in [0.2, 0.25) is 0 Å². The van der Waals surface area contributed by atoms with Gasteiger partial charge in [-0.05, 0) is 12.8 Å². The van der Waals surface area contributed by atoms with Gasteiger partial charge in [0.2, 0.25) is 0 Å². The smallest absolute Gasteiger partial charge is 0.405 e. The van der Waals surface area contributed by atoms with Crippen LogP contribution < -0.4 is 5.73 Å². The number of halogens is 1. The van der Waals surface area contributed by atoms with Gasteiger partial charge in [0.15, 0.2) is 0 Å². The molecular formula is C14H24ClNO3. The zero-order valence-electron chi connectivity index (χ0n) is 12.0. The highest BCUT2D eigenvalue weighted by atomic mass is 35.5. The van der Waals surface area contributed by atoms with E-state index in [1.165, 1.54) is 0 Å². The lowest BCUT2D eigenvalue weighted by Crippen LogP contribution is -2.55. The topological polar surface area (TPSA) is 69.4 Å². The quantitative estimate of drug-likeness (QED) is 0.808. The molecule has 1 fully saturated rings. The van der Waals surface area contributed by atoms with Gasteiger partial charge in [0.05, 0.1) is 0 Å². The Morgan fingerprint density at radius 3 is 2.53 bits per heavy atom. The molecule has 0 saturated heterocycles. The fourth-order valence-corrected chi connectivity index (χ4v) is 3.50. The standard InChI is InChI=1S/C14H24ClNO3/c1-13(2,3)14(7-8-15,19-12(16)18)10-5-4-6-11(17)9-10/h10H,4-9H2,1-3H3,(H2,16,18). The zero-order valence-corrected chi connectivity index (χ0v) is 12.8. The third kappa shape index (κ3) is 3.62. The summed E-state index contributed by atoms with van der Waals surface area (Å²) in [4.78, 5) is 23.1. The number of ketones is 1. The number of hydrogen-bond acceptors (Lipinski definition) is 3. The van der Waals surface area contributed by atoms with Gasteiger partial charge in [-0.25, -0.2) is 4.79 Å². The summed E-state index contributed by atoms with van der Waals surface area (Å²) in [7, 11) is 0. The predicted molar refractivity (Wildman–Crippen MR) is 75.2 cm³/mol. The summed E-state index contributed by atoms with van der Waals surface area (Å²) >= 11 is 5.91. The molecule has 0 heterocycles. The first-order chi connectivity index (χ1) is 8.73. The van der Waals surface area contributed by atoms with Crippen LogP contribution in [0.5, 0.6) is 0 Å². The van der Waals surface area contributed by atoms with Gasteiger partial charge in [0.25, 0.3) is 0 Å². The van der Waals surface area contributed by atoms with Gasteiger partial charge in [-0.1, -0.05) is 20.8 Å². The highest BCUT2D eigenvalue weighted by molar-refractivity contribution is 6.17. The Morgan fingerprint density at radius 1 is 1.47 bits per heavy atom. The van der Waals surface area contributed by atoms with E-state index in [0.717, 1.165) is 12.8 Å². The highest BCUT2D eigenvalue weighted by Crippen LogP contribution is 2.47. The number of hydrogen-bond donors (Lipinski definition) is 1. The molecule has 0 radical (unpaired) electrons. The van der Waals surface area contributed by atoms with Gasteiger partial charge in [-0.2, -0.15) is 0 Å². The number of ether oxygens (including phenoxy) is 1. The van der Waals surface area contributed by atoms with Crippen molar-refractivity contribution < 1.29 is 14.3 Å². The fraction of sp³-hybridized carbons (Fsp3) is 0.857. The van der Waals surface area contributed by atoms with Crippen molar-refractivity contribution in [2.75, 3.05) is 5.88 Å². The van der Waals surface area contributed by atoms with Crippen molar-refractivity contribution in [1.82, 2.24) is 0 Å². The lowest BCUT2D eigenvalue weighted by Gasteiger charge is -2.49. The number of rotatable bonds is 4. The van der Waals surface area contributed by atoms with Crippen LogP contribution in [-0.4, -0.2) is 23.4 Å². The SMILES string of the molecule is CC(C)(C)C(CCCl)(OC(N)=O)C1CCCC(=O)C1. The molecule has 1 aliphatic carbocycles. The number of alkyl halides is 1. The zero-order chi connectivity index (χ0) is 14.7. The minimum absolute atomic E-state index is 0.000000000000000222. The lowest BCUT2D eigenvalue weighted by molar-refractivity contribution is -0.138. The van der Waals surface area contributed by atoms with Gasteiger partial charge >= 0.3 is 6.09 Å². The minimum atomic E-state index is -0.793. The molecule has 110 valence electrons. The average molecular weight is 290 g/mol. The lowest BCUT2D eigenvalue weighted by atomic mass is 9.63. The molecule has 1 saturated carbocycles. The van der Waals surface area contributed by atoms with Crippen molar-refractivity contribution in [2.24, 2.45) is 17.1 Å². The summed E-state index contributed by atoms with van der Waals surface area (Å²) in [6, 6.07) is 0. The highest BCUT2D eigenvalue weighted by Gasteiger charge is 2.51. The molecule has 1 aliphatic rings. The maximum Gasteiger partial charge on any atom is 0.405 e. The van der Waals surface area contributed by atoms with Crippen LogP contribution in [0, 0.1) is 11.3 Å². The second kappa shape index (κ2) is 6.12. The first kappa shape index (κ1) is 16.3. The number of Topliss-reactive ketones (excluding diaryl/α,β-unsaturated/α-hetero) is 1. The summed E-state index contributed by atoms with van der Waals surface area (Å²) in [5.74, 6) is 0.599. The van der Waals surface area contributed by atoms with Gasteiger partial charge in [-0.15, -0.1) is 11.6 Å². The van der Waals surface area contributed by atoms with Crippen molar-refractivity contribution in [3.63, 3.8) is 0 Å². The first-order valence-corrected chi connectivity index (χ1v) is 7.32. The molecule has 0 aliphatic heterocycles. The fourth-order valence-electron chi connectivity index (χ4n) is 3.22. The predicted octanol–water partition coefficient (Wildman–Crippen LogP) is 3.25. The second-order valence-electron chi connectivity index (χ2n) is 6.33. The van der Waals surface area contributed by atoms with Crippen LogP contribution in [0.4, 0.5) is 4.79 Å². The van der Waals surface area contributed by atoms with Crippen molar-refractivity contribution in [3.05, 3.63) is 0 Å². The normalized spacial score (nSPS) is 23.8. The molecule has 19 heavy (non-hydrogen) atoms. The van der Waals surface area contributed by atoms with Gasteiger partial charge in [-0.3, -0.25) is 4.79 Å². The first-order valence-electron chi connectivity index (χ1n) is 6.79. The minimum Gasteiger partial charge on any atom is -0.442 e. The van der Waals surface area contributed by atoms with Crippen LogP contribution in [0.15, 0.2) is 0 Å². The average Bonchev–Trinajstić information content (AvgIpc) is 2.26. The number of amides is 1. The number of carbonyl (C=O) groups is 2. The molecule has 1 amide bonds. The van der Waals surface area contributed by atoms with Crippen molar-refractivity contribution in [2.45, 2.75) is 58.5 Å². The third-order valence-corrected chi connectivity index (χ3v) is 4.35. The van der Waals surface area contributed by atoms with Gasteiger partial charge < -0.3 is 10.5 Å². The molecule has 2 unspecified atom stereocenters. The van der Waals surface area contributed by atoms with E-state index in [1.54, 1.807) is 0 Å². The van der Waals surface area contributed by atoms with Gasteiger partial charge in [0, 0.05) is 36.5 Å². The van der Waals surface area contributed by atoms with Gasteiger partial charge in [0.1, 0.15) is 11.4 Å². The summed E-state index contributed by atoms with van der Waals surface area (Å²) in [6.45, 7) is 6.00. The van der Waals surface area contributed by atoms with E-state index in [2.05, 4.69) is 0 Å². The maximum atomic E-state index is 11.7. The molecule has 2 atom stereocenters. The van der Waals surface area contributed by atoms with E-state index in [9.17, 15) is 9.59 Å². The molecule has 0 aromatic rings. The van der Waals surface area contributed by atoms with E-state index < -0.39 is 11.7 Å². The van der Waals surface area contributed by atoms with Crippen LogP contribution in [0.1, 0.15) is 52.9 Å². The Kier molecular flexibility index (Phi) is 5.25. The van der Waals surface area contributed by atoms with E-state index in [0.29, 0.717) is 25.1 Å². The maximum absolute atomic E-state index is 11.7. The molecule has 0 aromatic carbocycles. The Bertz CT molecular complexity index is 351. The van der Waals surface area contributed by atoms with Crippen LogP contribution in [0.3, 0.4) is 0 Å². The van der Waals surface area contributed by atoms with Crippen molar-refractivity contribution in [1.29, 1.82) is 0 Å². The summed E-state index contributed by atoms with van der Waals surface area (Å²) in [5, 5.41) is 0. The molecule has 5 heteroatoms.